The second-order valence-electron chi connectivity index (χ2n) is 3.48. The number of carboxylic acid groups (broad SMARTS) is 1. The van der Waals surface area contributed by atoms with E-state index in [2.05, 4.69) is 11.3 Å². The molecule has 0 radical (unpaired) electrons. The molecule has 1 unspecified atom stereocenters. The third kappa shape index (κ3) is 4.06. The Kier molecular flexibility index (Phi) is 4.99. The minimum atomic E-state index is -1.53. The van der Waals surface area contributed by atoms with Crippen LogP contribution in [0.25, 0.3) is 0 Å². The summed E-state index contributed by atoms with van der Waals surface area (Å²) in [6, 6.07) is 0.997. The van der Waals surface area contributed by atoms with Gasteiger partial charge in [0.25, 0.3) is 0 Å². The first-order valence-corrected chi connectivity index (χ1v) is 5.17. The molecule has 0 saturated carbocycles. The molecule has 1 aromatic rings. The number of aliphatic carboxylic acids is 1. The van der Waals surface area contributed by atoms with Crippen molar-refractivity contribution in [3.63, 3.8) is 0 Å². The van der Waals surface area contributed by atoms with Crippen LogP contribution in [0, 0.1) is 11.6 Å². The molecule has 0 saturated heterocycles. The van der Waals surface area contributed by atoms with Crippen LogP contribution in [-0.2, 0) is 9.53 Å². The quantitative estimate of drug-likeness (QED) is 0.803. The molecule has 0 bridgehead atoms. The largest absolute Gasteiger partial charge is 0.479 e. The first-order valence-electron chi connectivity index (χ1n) is 5.17. The second kappa shape index (κ2) is 6.48. The van der Waals surface area contributed by atoms with Gasteiger partial charge in [0.1, 0.15) is 6.61 Å². The fourth-order valence-corrected chi connectivity index (χ4v) is 1.27. The first kappa shape index (κ1) is 14.6. The molecular weight excluding hydrogens is 260 g/mol. The first-order chi connectivity index (χ1) is 8.95. The fraction of sp³-hybridized carbons (Fsp3) is 0.167. The van der Waals surface area contributed by atoms with Crippen molar-refractivity contribution in [1.29, 1.82) is 0 Å². The number of carbonyl (C=O) groups excluding carboxylic acids is 1. The molecule has 1 rings (SSSR count). The number of halogens is 2. The zero-order chi connectivity index (χ0) is 14.4. The van der Waals surface area contributed by atoms with Crippen molar-refractivity contribution in [2.75, 3.05) is 6.61 Å². The highest BCUT2D eigenvalue weighted by molar-refractivity contribution is 5.81. The predicted molar refractivity (Wildman–Crippen MR) is 61.4 cm³/mol. The molecule has 0 aliphatic carbocycles. The van der Waals surface area contributed by atoms with Crippen LogP contribution in [0.2, 0.25) is 0 Å². The van der Waals surface area contributed by atoms with Crippen LogP contribution in [0.5, 0.6) is 0 Å². The molecule has 0 aliphatic rings. The van der Waals surface area contributed by atoms with Crippen molar-refractivity contribution < 1.29 is 28.2 Å². The van der Waals surface area contributed by atoms with E-state index in [-0.39, 0.29) is 12.2 Å². The normalized spacial score (nSPS) is 11.5. The van der Waals surface area contributed by atoms with Gasteiger partial charge < -0.3 is 15.2 Å². The van der Waals surface area contributed by atoms with E-state index >= 15 is 0 Å². The van der Waals surface area contributed by atoms with Crippen LogP contribution in [0.15, 0.2) is 30.9 Å². The number of carbonyl (C=O) groups is 2. The van der Waals surface area contributed by atoms with Gasteiger partial charge in [0.05, 0.1) is 0 Å². The molecule has 1 amide bonds. The van der Waals surface area contributed by atoms with Crippen LogP contribution < -0.4 is 5.32 Å². The highest BCUT2D eigenvalue weighted by Gasteiger charge is 2.23. The summed E-state index contributed by atoms with van der Waals surface area (Å²) < 4.78 is 30.3. The number of nitrogens with one attached hydrogen (secondary N) is 1. The minimum Gasteiger partial charge on any atom is -0.479 e. The van der Waals surface area contributed by atoms with E-state index in [0.717, 1.165) is 12.1 Å². The lowest BCUT2D eigenvalue weighted by Gasteiger charge is -2.14. The lowest BCUT2D eigenvalue weighted by Crippen LogP contribution is -2.34. The van der Waals surface area contributed by atoms with E-state index in [1.165, 1.54) is 6.08 Å². The molecule has 0 spiro atoms. The van der Waals surface area contributed by atoms with Crippen molar-refractivity contribution in [1.82, 2.24) is 5.32 Å². The van der Waals surface area contributed by atoms with Gasteiger partial charge in [-0.15, -0.1) is 0 Å². The zero-order valence-corrected chi connectivity index (χ0v) is 9.73. The van der Waals surface area contributed by atoms with Gasteiger partial charge in [0.2, 0.25) is 0 Å². The van der Waals surface area contributed by atoms with Crippen LogP contribution >= 0.6 is 0 Å². The summed E-state index contributed by atoms with van der Waals surface area (Å²) in [5, 5.41) is 11.0. The number of amides is 1. The maximum absolute atomic E-state index is 13.0. The van der Waals surface area contributed by atoms with Crippen molar-refractivity contribution in [2.45, 2.75) is 6.04 Å². The van der Waals surface area contributed by atoms with Crippen LogP contribution in [0.1, 0.15) is 11.6 Å². The van der Waals surface area contributed by atoms with E-state index in [4.69, 9.17) is 5.11 Å². The Hall–Kier alpha value is -2.44. The molecule has 0 aromatic heterocycles. The van der Waals surface area contributed by atoms with Crippen molar-refractivity contribution in [2.24, 2.45) is 0 Å². The van der Waals surface area contributed by atoms with E-state index in [1.54, 1.807) is 0 Å². The van der Waals surface area contributed by atoms with E-state index in [0.29, 0.717) is 6.07 Å². The molecule has 0 aliphatic heterocycles. The van der Waals surface area contributed by atoms with Crippen LogP contribution in [-0.4, -0.2) is 23.8 Å². The Balaban J connectivity index is 2.88. The Morgan fingerprint density at radius 1 is 1.42 bits per heavy atom. The van der Waals surface area contributed by atoms with Gasteiger partial charge in [-0.3, -0.25) is 0 Å². The van der Waals surface area contributed by atoms with Gasteiger partial charge in [-0.2, -0.15) is 0 Å². The van der Waals surface area contributed by atoms with Crippen LogP contribution in [0.4, 0.5) is 13.6 Å². The van der Waals surface area contributed by atoms with E-state index in [1.807, 2.05) is 5.32 Å². The Labute approximate surface area is 107 Å². The summed E-state index contributed by atoms with van der Waals surface area (Å²) in [6.07, 6.45) is 0.296. The number of ether oxygens (including phenoxy) is 1. The predicted octanol–water partition coefficient (Wildman–Crippen LogP) is 2.00. The number of carboxylic acids is 1. The number of hydrogen-bond acceptors (Lipinski definition) is 3. The lowest BCUT2D eigenvalue weighted by molar-refractivity contribution is -0.139. The van der Waals surface area contributed by atoms with Gasteiger partial charge >= 0.3 is 12.1 Å². The Morgan fingerprint density at radius 3 is 2.63 bits per heavy atom. The monoisotopic (exact) mass is 271 g/mol. The minimum absolute atomic E-state index is 0.101. The fourth-order valence-electron chi connectivity index (χ4n) is 1.27. The second-order valence-corrected chi connectivity index (χ2v) is 3.48. The number of alkyl carbamates (subject to hydrolysis) is 1. The molecule has 1 aromatic carbocycles. The molecule has 1 atom stereocenters. The summed E-state index contributed by atoms with van der Waals surface area (Å²) in [5.41, 5.74) is -0.109. The molecule has 0 heterocycles. The SMILES string of the molecule is C=CCOC(=O)NC(C(=O)O)c1ccc(F)c(F)c1. The third-order valence-electron chi connectivity index (χ3n) is 2.12. The highest BCUT2D eigenvalue weighted by atomic mass is 19.2. The van der Waals surface area contributed by atoms with Crippen molar-refractivity contribution in [3.8, 4) is 0 Å². The summed E-state index contributed by atoms with van der Waals surface area (Å²) >= 11 is 0. The molecule has 7 heteroatoms. The molecular formula is C12H11F2NO4. The standard InChI is InChI=1S/C12H11F2NO4/c1-2-5-19-12(18)15-10(11(16)17)7-3-4-8(13)9(14)6-7/h2-4,6,10H,1,5H2,(H,15,18)(H,16,17). The number of benzene rings is 1. The van der Waals surface area contributed by atoms with Gasteiger partial charge in [-0.05, 0) is 17.7 Å². The maximum Gasteiger partial charge on any atom is 0.408 e. The number of rotatable bonds is 5. The molecule has 5 nitrogen and oxygen atoms in total. The summed E-state index contributed by atoms with van der Waals surface area (Å²) in [5.74, 6) is -3.74. The zero-order valence-electron chi connectivity index (χ0n) is 9.73. The molecule has 0 fully saturated rings. The summed E-state index contributed by atoms with van der Waals surface area (Å²) in [4.78, 5) is 22.2. The Bertz CT molecular complexity index is 505. The lowest BCUT2D eigenvalue weighted by atomic mass is 10.1. The smallest absolute Gasteiger partial charge is 0.408 e. The van der Waals surface area contributed by atoms with E-state index < -0.39 is 29.7 Å². The Morgan fingerprint density at radius 2 is 2.11 bits per heavy atom. The average Bonchev–Trinajstić information content (AvgIpc) is 2.36. The average molecular weight is 271 g/mol. The highest BCUT2D eigenvalue weighted by Crippen LogP contribution is 2.17. The maximum atomic E-state index is 13.0. The van der Waals surface area contributed by atoms with Gasteiger partial charge in [-0.25, -0.2) is 18.4 Å². The van der Waals surface area contributed by atoms with Gasteiger partial charge in [0, 0.05) is 0 Å². The molecule has 102 valence electrons. The van der Waals surface area contributed by atoms with Crippen LogP contribution in [0.3, 0.4) is 0 Å². The molecule has 19 heavy (non-hydrogen) atoms. The van der Waals surface area contributed by atoms with Crippen molar-refractivity contribution in [3.05, 3.63) is 48.1 Å². The number of hydrogen-bond donors (Lipinski definition) is 2. The van der Waals surface area contributed by atoms with Gasteiger partial charge in [-0.1, -0.05) is 18.7 Å². The summed E-state index contributed by atoms with van der Waals surface area (Å²) in [6.45, 7) is 3.21. The van der Waals surface area contributed by atoms with E-state index in [9.17, 15) is 18.4 Å². The summed E-state index contributed by atoms with van der Waals surface area (Å²) in [7, 11) is 0. The molecule has 2 N–H and O–H groups in total. The van der Waals surface area contributed by atoms with Crippen molar-refractivity contribution >= 4 is 12.1 Å². The topological polar surface area (TPSA) is 75.6 Å². The van der Waals surface area contributed by atoms with Gasteiger partial charge in [0.15, 0.2) is 17.7 Å². The third-order valence-corrected chi connectivity index (χ3v) is 2.12.